The van der Waals surface area contributed by atoms with Crippen LogP contribution in [0.25, 0.3) is 0 Å². The maximum atomic E-state index is 12.6. The van der Waals surface area contributed by atoms with Gasteiger partial charge in [0.2, 0.25) is 5.95 Å². The molecule has 0 amide bonds. The summed E-state index contributed by atoms with van der Waals surface area (Å²) in [6.07, 6.45) is 0. The molecule has 3 heteroatoms. The van der Waals surface area contributed by atoms with Gasteiger partial charge in [0.1, 0.15) is 5.15 Å². The summed E-state index contributed by atoms with van der Waals surface area (Å²) in [7, 11) is 0. The van der Waals surface area contributed by atoms with E-state index >= 15 is 0 Å². The highest BCUT2D eigenvalue weighted by atomic mass is 35.5. The van der Waals surface area contributed by atoms with Crippen molar-refractivity contribution in [2.45, 2.75) is 27.7 Å². The van der Waals surface area contributed by atoms with Crippen molar-refractivity contribution in [1.29, 1.82) is 0 Å². The van der Waals surface area contributed by atoms with Crippen molar-refractivity contribution < 1.29 is 4.39 Å². The molecule has 0 spiro atoms. The number of hydrogen-bond acceptors (Lipinski definition) is 1. The molecule has 1 nitrogen and oxygen atoms in total. The first-order chi connectivity index (χ1) is 5.61. The Morgan fingerprint density at radius 3 is 2.25 bits per heavy atom. The molecule has 12 heavy (non-hydrogen) atoms. The van der Waals surface area contributed by atoms with Crippen LogP contribution in [0.4, 0.5) is 4.39 Å². The van der Waals surface area contributed by atoms with Crippen molar-refractivity contribution in [3.8, 4) is 0 Å². The summed E-state index contributed by atoms with van der Waals surface area (Å²) in [6, 6.07) is 1.64. The Bertz CT molecular complexity index is 238. The van der Waals surface area contributed by atoms with Gasteiger partial charge in [-0.15, -0.1) is 0 Å². The van der Waals surface area contributed by atoms with E-state index in [4.69, 9.17) is 11.6 Å². The highest BCUT2D eigenvalue weighted by Gasteiger charge is 2.02. The SMILES string of the molecule is CC.Cc1cc(Cl)nc(F)c1C. The lowest BCUT2D eigenvalue weighted by Gasteiger charge is -1.99. The second-order valence-electron chi connectivity index (χ2n) is 2.18. The smallest absolute Gasteiger partial charge is 0.208 e. The number of aryl methyl sites for hydroxylation is 1. The van der Waals surface area contributed by atoms with Gasteiger partial charge in [0.05, 0.1) is 0 Å². The molecule has 0 radical (unpaired) electrons. The fourth-order valence-corrected chi connectivity index (χ4v) is 0.897. The van der Waals surface area contributed by atoms with Gasteiger partial charge >= 0.3 is 0 Å². The van der Waals surface area contributed by atoms with Gasteiger partial charge in [-0.2, -0.15) is 4.39 Å². The lowest BCUT2D eigenvalue weighted by atomic mass is 10.2. The molecule has 0 saturated heterocycles. The number of halogens is 2. The Morgan fingerprint density at radius 1 is 1.33 bits per heavy atom. The van der Waals surface area contributed by atoms with E-state index in [1.165, 1.54) is 0 Å². The number of rotatable bonds is 0. The normalized spacial score (nSPS) is 8.83. The van der Waals surface area contributed by atoms with Crippen LogP contribution < -0.4 is 0 Å². The third-order valence-corrected chi connectivity index (χ3v) is 1.64. The maximum absolute atomic E-state index is 12.6. The maximum Gasteiger partial charge on any atom is 0.217 e. The summed E-state index contributed by atoms with van der Waals surface area (Å²) in [6.45, 7) is 7.47. The van der Waals surface area contributed by atoms with Gasteiger partial charge < -0.3 is 0 Å². The molecular weight excluding hydrogens is 177 g/mol. The zero-order chi connectivity index (χ0) is 9.72. The van der Waals surface area contributed by atoms with Crippen LogP contribution >= 0.6 is 11.6 Å². The van der Waals surface area contributed by atoms with Crippen LogP contribution in [-0.2, 0) is 0 Å². The van der Waals surface area contributed by atoms with Crippen molar-refractivity contribution >= 4 is 11.6 Å². The van der Waals surface area contributed by atoms with Crippen LogP contribution in [0.15, 0.2) is 6.07 Å². The van der Waals surface area contributed by atoms with Crippen LogP contribution in [0.2, 0.25) is 5.15 Å². The van der Waals surface area contributed by atoms with Crippen molar-refractivity contribution in [2.24, 2.45) is 0 Å². The Balaban J connectivity index is 0.000000561. The Morgan fingerprint density at radius 2 is 1.83 bits per heavy atom. The van der Waals surface area contributed by atoms with E-state index in [1.807, 2.05) is 13.8 Å². The van der Waals surface area contributed by atoms with E-state index in [9.17, 15) is 4.39 Å². The highest BCUT2D eigenvalue weighted by molar-refractivity contribution is 6.29. The minimum atomic E-state index is -0.481. The number of hydrogen-bond donors (Lipinski definition) is 0. The minimum absolute atomic E-state index is 0.209. The highest BCUT2D eigenvalue weighted by Crippen LogP contribution is 2.13. The molecule has 0 saturated carbocycles. The van der Waals surface area contributed by atoms with Crippen LogP contribution in [-0.4, -0.2) is 4.98 Å². The predicted octanol–water partition coefficient (Wildman–Crippen LogP) is 3.52. The predicted molar refractivity (Wildman–Crippen MR) is 50.0 cm³/mol. The van der Waals surface area contributed by atoms with Crippen molar-refractivity contribution in [2.75, 3.05) is 0 Å². The molecule has 0 aromatic carbocycles. The average Bonchev–Trinajstić information content (AvgIpc) is 2.04. The van der Waals surface area contributed by atoms with E-state index in [-0.39, 0.29) is 5.15 Å². The molecule has 0 aliphatic heterocycles. The third kappa shape index (κ3) is 2.78. The summed E-state index contributed by atoms with van der Waals surface area (Å²) in [5.74, 6) is -0.481. The first-order valence-electron chi connectivity index (χ1n) is 3.90. The fourth-order valence-electron chi connectivity index (χ4n) is 0.660. The molecule has 68 valence electrons. The summed E-state index contributed by atoms with van der Waals surface area (Å²) in [4.78, 5) is 3.43. The number of aromatic nitrogens is 1. The molecule has 0 aliphatic rings. The number of pyridine rings is 1. The van der Waals surface area contributed by atoms with Gasteiger partial charge in [-0.25, -0.2) is 4.98 Å². The molecule has 1 rings (SSSR count). The Labute approximate surface area is 77.6 Å². The van der Waals surface area contributed by atoms with Gasteiger partial charge in [0, 0.05) is 5.56 Å². The van der Waals surface area contributed by atoms with E-state index in [1.54, 1.807) is 19.9 Å². The van der Waals surface area contributed by atoms with Crippen LogP contribution in [0.5, 0.6) is 0 Å². The molecule has 1 aromatic rings. The molecule has 1 aromatic heterocycles. The van der Waals surface area contributed by atoms with Gasteiger partial charge in [-0.3, -0.25) is 0 Å². The van der Waals surface area contributed by atoms with E-state index in [0.717, 1.165) is 5.56 Å². The fraction of sp³-hybridized carbons (Fsp3) is 0.444. The monoisotopic (exact) mass is 189 g/mol. The second kappa shape index (κ2) is 5.09. The van der Waals surface area contributed by atoms with Gasteiger partial charge in [0.25, 0.3) is 0 Å². The van der Waals surface area contributed by atoms with Gasteiger partial charge in [-0.05, 0) is 25.5 Å². The van der Waals surface area contributed by atoms with Crippen molar-refractivity contribution in [3.63, 3.8) is 0 Å². The first-order valence-corrected chi connectivity index (χ1v) is 4.28. The van der Waals surface area contributed by atoms with Crippen LogP contribution in [0.1, 0.15) is 25.0 Å². The molecule has 0 aliphatic carbocycles. The zero-order valence-electron chi connectivity index (χ0n) is 7.78. The van der Waals surface area contributed by atoms with Crippen molar-refractivity contribution in [1.82, 2.24) is 4.98 Å². The molecule has 0 fully saturated rings. The molecule has 0 N–H and O–H groups in total. The van der Waals surface area contributed by atoms with E-state index in [2.05, 4.69) is 4.98 Å². The van der Waals surface area contributed by atoms with Crippen molar-refractivity contribution in [3.05, 3.63) is 28.3 Å². The largest absolute Gasteiger partial charge is 0.217 e. The zero-order valence-corrected chi connectivity index (χ0v) is 8.54. The Hall–Kier alpha value is -0.630. The summed E-state index contributed by atoms with van der Waals surface area (Å²) < 4.78 is 12.6. The summed E-state index contributed by atoms with van der Waals surface area (Å²) >= 11 is 5.47. The molecular formula is C9H13ClFN. The average molecular weight is 190 g/mol. The van der Waals surface area contributed by atoms with E-state index < -0.39 is 5.95 Å². The summed E-state index contributed by atoms with van der Waals surface area (Å²) in [5.41, 5.74) is 1.39. The second-order valence-corrected chi connectivity index (χ2v) is 2.56. The van der Waals surface area contributed by atoms with Gasteiger partial charge in [-0.1, -0.05) is 25.4 Å². The minimum Gasteiger partial charge on any atom is -0.208 e. The quantitative estimate of drug-likeness (QED) is 0.569. The van der Waals surface area contributed by atoms with E-state index in [0.29, 0.717) is 5.56 Å². The molecule has 0 unspecified atom stereocenters. The number of nitrogens with zero attached hydrogens (tertiary/aromatic N) is 1. The Kier molecular flexibility index (Phi) is 4.83. The molecule has 1 heterocycles. The van der Waals surface area contributed by atoms with Gasteiger partial charge in [0.15, 0.2) is 0 Å². The third-order valence-electron chi connectivity index (χ3n) is 1.44. The van der Waals surface area contributed by atoms with Crippen LogP contribution in [0.3, 0.4) is 0 Å². The summed E-state index contributed by atoms with van der Waals surface area (Å²) in [5, 5.41) is 0.209. The van der Waals surface area contributed by atoms with Crippen LogP contribution in [0, 0.1) is 19.8 Å². The molecule has 0 bridgehead atoms. The topological polar surface area (TPSA) is 12.9 Å². The lowest BCUT2D eigenvalue weighted by molar-refractivity contribution is 0.573. The first kappa shape index (κ1) is 11.4. The standard InChI is InChI=1S/C7H7ClFN.C2H6/c1-4-3-6(8)10-7(9)5(4)2;1-2/h3H,1-2H3;1-2H3. The molecule has 0 atom stereocenters. The lowest BCUT2D eigenvalue weighted by Crippen LogP contribution is -1.91.